The quantitative estimate of drug-likeness (QED) is 0.417. The van der Waals surface area contributed by atoms with Gasteiger partial charge in [-0.05, 0) is 56.3 Å². The minimum Gasteiger partial charge on any atom is -0.465 e. The summed E-state index contributed by atoms with van der Waals surface area (Å²) in [5, 5.41) is 6.89. The Morgan fingerprint density at radius 3 is 2.00 bits per heavy atom. The number of nitrogens with one attached hydrogen (secondary N) is 1. The van der Waals surface area contributed by atoms with Crippen LogP contribution in [0.3, 0.4) is 0 Å². The predicted molar refractivity (Wildman–Crippen MR) is 121 cm³/mol. The van der Waals surface area contributed by atoms with Crippen LogP contribution in [-0.4, -0.2) is 54.4 Å². The van der Waals surface area contributed by atoms with E-state index < -0.39 is 23.8 Å². The second-order valence-electron chi connectivity index (χ2n) is 7.06. The lowest BCUT2D eigenvalue weighted by molar-refractivity contribution is 0.0523. The lowest BCUT2D eigenvalue weighted by Crippen LogP contribution is -2.14. The Morgan fingerprint density at radius 2 is 1.47 bits per heavy atom. The smallest absolute Gasteiger partial charge is 0.341 e. The Kier molecular flexibility index (Phi) is 7.42. The Hall–Kier alpha value is -4.47. The summed E-state index contributed by atoms with van der Waals surface area (Å²) in [5.74, 6) is -2.25. The number of hydrogen-bond donors (Lipinski definition) is 1. The highest BCUT2D eigenvalue weighted by Crippen LogP contribution is 2.20. The molecule has 0 atom stereocenters. The van der Waals surface area contributed by atoms with Crippen LogP contribution in [0.5, 0.6) is 0 Å². The minimum absolute atomic E-state index is 0.0857. The number of nitrogens with zero attached hydrogens (tertiary/aromatic N) is 2. The molecule has 0 bridgehead atoms. The summed E-state index contributed by atoms with van der Waals surface area (Å²) < 4.78 is 16.0. The molecule has 0 saturated carbocycles. The fraction of sp³-hybridized carbons (Fsp3) is 0.208. The third kappa shape index (κ3) is 5.12. The number of benzene rings is 2. The number of carbonyl (C=O) groups is 4. The van der Waals surface area contributed by atoms with Crippen molar-refractivity contribution >= 4 is 29.5 Å². The van der Waals surface area contributed by atoms with Crippen LogP contribution < -0.4 is 5.32 Å². The minimum atomic E-state index is -0.664. The fourth-order valence-corrected chi connectivity index (χ4v) is 3.21. The number of hydrogen-bond acceptors (Lipinski definition) is 8. The number of esters is 3. The summed E-state index contributed by atoms with van der Waals surface area (Å²) in [6, 6.07) is 10.6. The van der Waals surface area contributed by atoms with Crippen molar-refractivity contribution in [2.24, 2.45) is 0 Å². The third-order valence-corrected chi connectivity index (χ3v) is 4.91. The molecule has 3 aromatic rings. The van der Waals surface area contributed by atoms with E-state index in [0.717, 1.165) is 0 Å². The Labute approximate surface area is 195 Å². The van der Waals surface area contributed by atoms with Crippen molar-refractivity contribution in [1.29, 1.82) is 0 Å². The number of methoxy groups -OCH3 is 2. The number of aromatic nitrogens is 2. The van der Waals surface area contributed by atoms with E-state index in [0.29, 0.717) is 22.5 Å². The van der Waals surface area contributed by atoms with Gasteiger partial charge in [-0.3, -0.25) is 4.79 Å². The van der Waals surface area contributed by atoms with Gasteiger partial charge in [-0.1, -0.05) is 0 Å². The standard InChI is InChI=1S/C24H23N3O7/c1-5-34-24(31)20-13-25-27(14(20)2)19-8-6-15(7-9-19)21(28)26-18-11-16(22(29)32-3)10-17(12-18)23(30)33-4/h6-13H,5H2,1-4H3,(H,26,28). The summed E-state index contributed by atoms with van der Waals surface area (Å²) in [7, 11) is 2.42. The van der Waals surface area contributed by atoms with Crippen LogP contribution in [0.25, 0.3) is 5.69 Å². The van der Waals surface area contributed by atoms with E-state index >= 15 is 0 Å². The summed E-state index contributed by atoms with van der Waals surface area (Å²) >= 11 is 0. The van der Waals surface area contributed by atoms with Crippen molar-refractivity contribution in [3.63, 3.8) is 0 Å². The van der Waals surface area contributed by atoms with Crippen molar-refractivity contribution in [1.82, 2.24) is 9.78 Å². The SMILES string of the molecule is CCOC(=O)c1cnn(-c2ccc(C(=O)Nc3cc(C(=O)OC)cc(C(=O)OC)c3)cc2)c1C. The molecule has 0 aliphatic rings. The first-order valence-corrected chi connectivity index (χ1v) is 10.2. The van der Waals surface area contributed by atoms with Gasteiger partial charge in [-0.2, -0.15) is 5.10 Å². The maximum absolute atomic E-state index is 12.8. The van der Waals surface area contributed by atoms with E-state index in [9.17, 15) is 19.2 Å². The molecule has 0 aliphatic heterocycles. The van der Waals surface area contributed by atoms with Crippen molar-refractivity contribution in [3.8, 4) is 5.69 Å². The Morgan fingerprint density at radius 1 is 0.882 bits per heavy atom. The molecule has 1 aromatic heterocycles. The molecular formula is C24H23N3O7. The largest absolute Gasteiger partial charge is 0.465 e. The number of ether oxygens (including phenoxy) is 3. The molecule has 1 amide bonds. The van der Waals surface area contributed by atoms with E-state index in [1.54, 1.807) is 42.8 Å². The maximum Gasteiger partial charge on any atom is 0.341 e. The van der Waals surface area contributed by atoms with Crippen LogP contribution in [0.4, 0.5) is 5.69 Å². The average molecular weight is 465 g/mol. The van der Waals surface area contributed by atoms with Crippen molar-refractivity contribution in [2.75, 3.05) is 26.1 Å². The van der Waals surface area contributed by atoms with Gasteiger partial charge in [0, 0.05) is 11.3 Å². The van der Waals surface area contributed by atoms with E-state index in [1.807, 2.05) is 0 Å². The first-order valence-electron chi connectivity index (χ1n) is 10.2. The molecule has 3 rings (SSSR count). The third-order valence-electron chi connectivity index (χ3n) is 4.91. The highest BCUT2D eigenvalue weighted by Gasteiger charge is 2.18. The van der Waals surface area contributed by atoms with E-state index in [1.165, 1.54) is 38.6 Å². The highest BCUT2D eigenvalue weighted by molar-refractivity contribution is 6.06. The zero-order valence-electron chi connectivity index (χ0n) is 19.1. The molecule has 0 saturated heterocycles. The van der Waals surface area contributed by atoms with Gasteiger partial charge < -0.3 is 19.5 Å². The van der Waals surface area contributed by atoms with Crippen LogP contribution in [0.2, 0.25) is 0 Å². The molecule has 10 nitrogen and oxygen atoms in total. The molecule has 1 heterocycles. The number of rotatable bonds is 7. The zero-order chi connectivity index (χ0) is 24.8. The van der Waals surface area contributed by atoms with Crippen molar-refractivity contribution < 1.29 is 33.4 Å². The lowest BCUT2D eigenvalue weighted by atomic mass is 10.1. The molecule has 0 radical (unpaired) electrons. The van der Waals surface area contributed by atoms with Gasteiger partial charge in [0.05, 0.1) is 49.5 Å². The van der Waals surface area contributed by atoms with Crippen molar-refractivity contribution in [3.05, 3.63) is 76.6 Å². The molecule has 34 heavy (non-hydrogen) atoms. The van der Waals surface area contributed by atoms with Gasteiger partial charge in [-0.25, -0.2) is 19.1 Å². The summed E-state index contributed by atoms with van der Waals surface area (Å²) in [5.41, 5.74) is 2.32. The van der Waals surface area contributed by atoms with E-state index in [-0.39, 0.29) is 23.4 Å². The number of anilines is 1. The van der Waals surface area contributed by atoms with Crippen LogP contribution in [-0.2, 0) is 14.2 Å². The zero-order valence-corrected chi connectivity index (χ0v) is 19.1. The van der Waals surface area contributed by atoms with Gasteiger partial charge in [0.1, 0.15) is 5.56 Å². The summed E-state index contributed by atoms with van der Waals surface area (Å²) in [6.45, 7) is 3.73. The maximum atomic E-state index is 12.8. The van der Waals surface area contributed by atoms with Gasteiger partial charge in [-0.15, -0.1) is 0 Å². The lowest BCUT2D eigenvalue weighted by Gasteiger charge is -2.10. The van der Waals surface area contributed by atoms with E-state index in [2.05, 4.69) is 10.4 Å². The van der Waals surface area contributed by atoms with Crippen LogP contribution >= 0.6 is 0 Å². The van der Waals surface area contributed by atoms with Crippen LogP contribution in [0.1, 0.15) is 54.0 Å². The fourth-order valence-electron chi connectivity index (χ4n) is 3.21. The van der Waals surface area contributed by atoms with Gasteiger partial charge in [0.2, 0.25) is 0 Å². The first-order chi connectivity index (χ1) is 16.3. The second-order valence-corrected chi connectivity index (χ2v) is 7.06. The first kappa shape index (κ1) is 24.2. The Bertz CT molecular complexity index is 1210. The monoisotopic (exact) mass is 465 g/mol. The molecular weight excluding hydrogens is 442 g/mol. The molecule has 0 spiro atoms. The van der Waals surface area contributed by atoms with E-state index in [4.69, 9.17) is 14.2 Å². The number of amides is 1. The second kappa shape index (κ2) is 10.4. The topological polar surface area (TPSA) is 126 Å². The molecule has 2 aromatic carbocycles. The molecule has 10 heteroatoms. The normalized spacial score (nSPS) is 10.4. The Balaban J connectivity index is 1.83. The molecule has 1 N–H and O–H groups in total. The highest BCUT2D eigenvalue weighted by atomic mass is 16.5. The molecule has 176 valence electrons. The van der Waals surface area contributed by atoms with Gasteiger partial charge >= 0.3 is 17.9 Å². The number of carbonyl (C=O) groups excluding carboxylic acids is 4. The van der Waals surface area contributed by atoms with Crippen LogP contribution in [0.15, 0.2) is 48.7 Å². The van der Waals surface area contributed by atoms with Crippen molar-refractivity contribution in [2.45, 2.75) is 13.8 Å². The summed E-state index contributed by atoms with van der Waals surface area (Å²) in [6.07, 6.45) is 1.43. The molecule has 0 fully saturated rings. The van der Waals surface area contributed by atoms with Crippen LogP contribution in [0, 0.1) is 6.92 Å². The molecule has 0 aliphatic carbocycles. The summed E-state index contributed by atoms with van der Waals surface area (Å²) in [4.78, 5) is 48.7. The van der Waals surface area contributed by atoms with Gasteiger partial charge in [0.15, 0.2) is 0 Å². The predicted octanol–water partition coefficient (Wildman–Crippen LogP) is 3.18. The molecule has 0 unspecified atom stereocenters. The van der Waals surface area contributed by atoms with Gasteiger partial charge in [0.25, 0.3) is 5.91 Å². The average Bonchev–Trinajstić information content (AvgIpc) is 3.24.